The van der Waals surface area contributed by atoms with Crippen molar-refractivity contribution in [2.24, 2.45) is 0 Å². The number of anilines is 1. The highest BCUT2D eigenvalue weighted by Gasteiger charge is 2.19. The number of hydrogen-bond donors (Lipinski definition) is 1. The van der Waals surface area contributed by atoms with E-state index in [-0.39, 0.29) is 5.56 Å². The number of halogens is 2. The van der Waals surface area contributed by atoms with Gasteiger partial charge in [-0.15, -0.1) is 0 Å². The van der Waals surface area contributed by atoms with Crippen molar-refractivity contribution < 1.29 is 8.78 Å². The molecule has 0 aliphatic heterocycles. The summed E-state index contributed by atoms with van der Waals surface area (Å²) in [5.74, 6) is -0.798. The summed E-state index contributed by atoms with van der Waals surface area (Å²) in [5.41, 5.74) is 6.42. The zero-order valence-electron chi connectivity index (χ0n) is 9.61. The molecule has 0 aliphatic carbocycles. The first-order valence-corrected chi connectivity index (χ1v) is 5.26. The molecule has 0 spiro atoms. The molecule has 3 nitrogen and oxygen atoms in total. The number of aromatic nitrogens is 2. The summed E-state index contributed by atoms with van der Waals surface area (Å²) in [7, 11) is 0. The Morgan fingerprint density at radius 1 is 1.29 bits per heavy atom. The van der Waals surface area contributed by atoms with Crippen LogP contribution in [0.25, 0.3) is 0 Å². The third-order valence-corrected chi connectivity index (χ3v) is 2.67. The number of benzene rings is 1. The summed E-state index contributed by atoms with van der Waals surface area (Å²) in [4.78, 5) is 0. The summed E-state index contributed by atoms with van der Waals surface area (Å²) in [5, 5.41) is 4.13. The molecule has 0 radical (unpaired) electrons. The average molecular weight is 237 g/mol. The Morgan fingerprint density at radius 2 is 1.88 bits per heavy atom. The van der Waals surface area contributed by atoms with E-state index in [0.29, 0.717) is 11.5 Å². The average Bonchev–Trinajstić information content (AvgIpc) is 2.57. The molecule has 1 atom stereocenters. The maximum Gasteiger partial charge on any atom is 0.131 e. The summed E-state index contributed by atoms with van der Waals surface area (Å²) in [6, 6.07) is 4.86. The van der Waals surface area contributed by atoms with Gasteiger partial charge in [-0.25, -0.2) is 13.5 Å². The van der Waals surface area contributed by atoms with Crippen LogP contribution in [0.5, 0.6) is 0 Å². The van der Waals surface area contributed by atoms with Crippen LogP contribution in [-0.2, 0) is 0 Å². The Balaban J connectivity index is 2.51. The van der Waals surface area contributed by atoms with Crippen LogP contribution < -0.4 is 5.73 Å². The van der Waals surface area contributed by atoms with E-state index in [4.69, 9.17) is 5.73 Å². The second-order valence-corrected chi connectivity index (χ2v) is 3.97. The Labute approximate surface area is 97.9 Å². The van der Waals surface area contributed by atoms with E-state index in [2.05, 4.69) is 5.10 Å². The zero-order valence-corrected chi connectivity index (χ0v) is 9.61. The molecule has 1 heterocycles. The van der Waals surface area contributed by atoms with Crippen molar-refractivity contribution in [3.05, 3.63) is 47.2 Å². The van der Waals surface area contributed by atoms with E-state index >= 15 is 0 Å². The van der Waals surface area contributed by atoms with Gasteiger partial charge in [0.05, 0.1) is 11.7 Å². The molecule has 1 aromatic carbocycles. The fraction of sp³-hybridized carbons (Fsp3) is 0.250. The van der Waals surface area contributed by atoms with E-state index in [1.165, 1.54) is 22.9 Å². The first-order chi connectivity index (χ1) is 8.00. The molecule has 0 saturated heterocycles. The van der Waals surface area contributed by atoms with E-state index in [9.17, 15) is 8.78 Å². The van der Waals surface area contributed by atoms with Gasteiger partial charge in [0.25, 0.3) is 0 Å². The largest absolute Gasteiger partial charge is 0.384 e. The lowest BCUT2D eigenvalue weighted by Gasteiger charge is -2.15. The number of nitrogens with zero attached hydrogens (tertiary/aromatic N) is 2. The van der Waals surface area contributed by atoms with E-state index in [0.717, 1.165) is 0 Å². The monoisotopic (exact) mass is 237 g/mol. The van der Waals surface area contributed by atoms with E-state index < -0.39 is 17.7 Å². The minimum absolute atomic E-state index is 0.0256. The molecule has 0 amide bonds. The Morgan fingerprint density at radius 3 is 2.35 bits per heavy atom. The molecular formula is C12H13F2N3. The smallest absolute Gasteiger partial charge is 0.131 e. The molecule has 2 N–H and O–H groups in total. The second-order valence-electron chi connectivity index (χ2n) is 3.97. The summed E-state index contributed by atoms with van der Waals surface area (Å²) < 4.78 is 28.6. The maximum atomic E-state index is 13.6. The minimum atomic E-state index is -0.593. The highest BCUT2D eigenvalue weighted by molar-refractivity contribution is 5.34. The van der Waals surface area contributed by atoms with Crippen molar-refractivity contribution in [1.29, 1.82) is 0 Å². The van der Waals surface area contributed by atoms with Crippen molar-refractivity contribution in [3.63, 3.8) is 0 Å². The van der Waals surface area contributed by atoms with E-state index in [1.807, 2.05) is 0 Å². The quantitative estimate of drug-likeness (QED) is 0.872. The van der Waals surface area contributed by atoms with Crippen molar-refractivity contribution in [3.8, 4) is 0 Å². The van der Waals surface area contributed by atoms with Gasteiger partial charge < -0.3 is 5.73 Å². The SMILES string of the molecule is Cc1cc(N)n(C(C)c2c(F)cccc2F)n1. The zero-order chi connectivity index (χ0) is 12.6. The van der Waals surface area contributed by atoms with Gasteiger partial charge in [0, 0.05) is 11.6 Å². The van der Waals surface area contributed by atoms with Crippen molar-refractivity contribution in [1.82, 2.24) is 9.78 Å². The van der Waals surface area contributed by atoms with Gasteiger partial charge in [-0.3, -0.25) is 0 Å². The highest BCUT2D eigenvalue weighted by atomic mass is 19.1. The van der Waals surface area contributed by atoms with Crippen molar-refractivity contribution in [2.75, 3.05) is 5.73 Å². The van der Waals surface area contributed by atoms with Crippen LogP contribution in [0.3, 0.4) is 0 Å². The molecule has 0 aliphatic rings. The lowest BCUT2D eigenvalue weighted by atomic mass is 10.1. The van der Waals surface area contributed by atoms with Gasteiger partial charge in [0.2, 0.25) is 0 Å². The van der Waals surface area contributed by atoms with Gasteiger partial charge in [-0.2, -0.15) is 5.10 Å². The fourth-order valence-electron chi connectivity index (χ4n) is 1.88. The Bertz CT molecular complexity index is 528. The van der Waals surface area contributed by atoms with Gasteiger partial charge >= 0.3 is 0 Å². The summed E-state index contributed by atoms with van der Waals surface area (Å²) >= 11 is 0. The lowest BCUT2D eigenvalue weighted by Crippen LogP contribution is -2.14. The summed E-state index contributed by atoms with van der Waals surface area (Å²) in [6.45, 7) is 3.43. The molecule has 2 aromatic rings. The number of hydrogen-bond acceptors (Lipinski definition) is 2. The number of aryl methyl sites for hydroxylation is 1. The van der Waals surface area contributed by atoms with Crippen LogP contribution in [0, 0.1) is 18.6 Å². The molecule has 2 rings (SSSR count). The number of rotatable bonds is 2. The molecule has 0 fully saturated rings. The van der Waals surface area contributed by atoms with Gasteiger partial charge in [0.15, 0.2) is 0 Å². The van der Waals surface area contributed by atoms with Gasteiger partial charge in [0.1, 0.15) is 17.5 Å². The number of nitrogens with two attached hydrogens (primary N) is 1. The number of nitrogen functional groups attached to an aromatic ring is 1. The van der Waals surface area contributed by atoms with Crippen LogP contribution in [-0.4, -0.2) is 9.78 Å². The molecule has 0 saturated carbocycles. The van der Waals surface area contributed by atoms with Crippen LogP contribution >= 0.6 is 0 Å². The third-order valence-electron chi connectivity index (χ3n) is 2.67. The van der Waals surface area contributed by atoms with Crippen LogP contribution in [0.2, 0.25) is 0 Å². The van der Waals surface area contributed by atoms with Crippen molar-refractivity contribution >= 4 is 5.82 Å². The van der Waals surface area contributed by atoms with Crippen molar-refractivity contribution in [2.45, 2.75) is 19.9 Å². The predicted octanol–water partition coefficient (Wildman–Crippen LogP) is 2.66. The van der Waals surface area contributed by atoms with Gasteiger partial charge in [-0.1, -0.05) is 6.07 Å². The molecular weight excluding hydrogens is 224 g/mol. The molecule has 17 heavy (non-hydrogen) atoms. The first-order valence-electron chi connectivity index (χ1n) is 5.26. The third kappa shape index (κ3) is 2.00. The summed E-state index contributed by atoms with van der Waals surface area (Å²) in [6.07, 6.45) is 0. The molecule has 90 valence electrons. The minimum Gasteiger partial charge on any atom is -0.384 e. The van der Waals surface area contributed by atoms with Crippen LogP contribution in [0.4, 0.5) is 14.6 Å². The second kappa shape index (κ2) is 4.16. The van der Waals surface area contributed by atoms with Gasteiger partial charge in [-0.05, 0) is 26.0 Å². The van der Waals surface area contributed by atoms with Crippen LogP contribution in [0.1, 0.15) is 24.2 Å². The van der Waals surface area contributed by atoms with E-state index in [1.54, 1.807) is 19.9 Å². The Kier molecular flexibility index (Phi) is 2.83. The fourth-order valence-corrected chi connectivity index (χ4v) is 1.88. The molecule has 0 bridgehead atoms. The Hall–Kier alpha value is -1.91. The topological polar surface area (TPSA) is 43.8 Å². The standard InChI is InChI=1S/C12H13F2N3/c1-7-6-11(15)17(16-7)8(2)12-9(13)4-3-5-10(12)14/h3-6,8H,15H2,1-2H3. The normalized spacial score (nSPS) is 12.7. The molecule has 1 unspecified atom stereocenters. The van der Waals surface area contributed by atoms with Crippen LogP contribution in [0.15, 0.2) is 24.3 Å². The first kappa shape index (κ1) is 11.6. The highest BCUT2D eigenvalue weighted by Crippen LogP contribution is 2.25. The molecule has 1 aromatic heterocycles. The maximum absolute atomic E-state index is 13.6. The lowest BCUT2D eigenvalue weighted by molar-refractivity contribution is 0.484. The predicted molar refractivity (Wildman–Crippen MR) is 61.5 cm³/mol. The molecule has 5 heteroatoms.